The summed E-state index contributed by atoms with van der Waals surface area (Å²) in [6.07, 6.45) is 3.85. The molecule has 21 heavy (non-hydrogen) atoms. The molecule has 0 saturated carbocycles. The molecule has 1 saturated heterocycles. The molecule has 0 bridgehead atoms. The number of thiazole rings is 1. The van der Waals surface area contributed by atoms with Crippen LogP contribution in [-0.2, 0) is 4.79 Å². The minimum absolute atomic E-state index is 0.136. The van der Waals surface area contributed by atoms with Crippen LogP contribution in [0, 0.1) is 6.92 Å². The molecule has 1 unspecified atom stereocenters. The number of amides is 1. The third kappa shape index (κ3) is 3.44. The van der Waals surface area contributed by atoms with Gasteiger partial charge in [-0.3, -0.25) is 9.78 Å². The van der Waals surface area contributed by atoms with Gasteiger partial charge >= 0.3 is 0 Å². The summed E-state index contributed by atoms with van der Waals surface area (Å²) in [6, 6.07) is 6.03. The van der Waals surface area contributed by atoms with Crippen molar-refractivity contribution in [2.45, 2.75) is 30.1 Å². The molecule has 1 fully saturated rings. The lowest BCUT2D eigenvalue weighted by molar-refractivity contribution is -0.129. The Hall–Kier alpha value is -1.40. The van der Waals surface area contributed by atoms with E-state index in [1.807, 2.05) is 35.4 Å². The van der Waals surface area contributed by atoms with E-state index in [-0.39, 0.29) is 11.9 Å². The number of aromatic nitrogens is 2. The molecular formula is C15H17N3OS2. The van der Waals surface area contributed by atoms with E-state index in [2.05, 4.69) is 9.97 Å². The molecule has 2 aromatic rings. The molecule has 0 aliphatic carbocycles. The minimum Gasteiger partial charge on any atom is -0.333 e. The Kier molecular flexibility index (Phi) is 4.55. The SMILES string of the molecule is Cc1csc(SCC(=O)N2CCCC2c2ccccn2)n1. The summed E-state index contributed by atoms with van der Waals surface area (Å²) in [4.78, 5) is 23.2. The van der Waals surface area contributed by atoms with Crippen LogP contribution in [0.15, 0.2) is 34.1 Å². The average Bonchev–Trinajstić information content (AvgIpc) is 3.14. The lowest BCUT2D eigenvalue weighted by atomic mass is 10.1. The summed E-state index contributed by atoms with van der Waals surface area (Å²) in [5, 5.41) is 2.01. The summed E-state index contributed by atoms with van der Waals surface area (Å²) < 4.78 is 0.967. The Morgan fingerprint density at radius 3 is 3.14 bits per heavy atom. The summed E-state index contributed by atoms with van der Waals surface area (Å²) in [5.41, 5.74) is 2.01. The van der Waals surface area contributed by atoms with Crippen molar-refractivity contribution in [3.05, 3.63) is 41.2 Å². The van der Waals surface area contributed by atoms with E-state index in [1.165, 1.54) is 11.8 Å². The third-order valence-electron chi connectivity index (χ3n) is 3.52. The number of rotatable bonds is 4. The van der Waals surface area contributed by atoms with Gasteiger partial charge in [0.05, 0.1) is 17.5 Å². The van der Waals surface area contributed by atoms with Gasteiger partial charge in [0.25, 0.3) is 0 Å². The Labute approximate surface area is 132 Å². The number of carbonyl (C=O) groups is 1. The molecule has 1 atom stereocenters. The van der Waals surface area contributed by atoms with Crippen molar-refractivity contribution in [1.29, 1.82) is 0 Å². The second-order valence-corrected chi connectivity index (χ2v) is 7.12. The highest BCUT2D eigenvalue weighted by Crippen LogP contribution is 2.32. The fraction of sp³-hybridized carbons (Fsp3) is 0.400. The molecule has 0 spiro atoms. The smallest absolute Gasteiger partial charge is 0.233 e. The molecule has 6 heteroatoms. The lowest BCUT2D eigenvalue weighted by Gasteiger charge is -2.24. The van der Waals surface area contributed by atoms with Crippen LogP contribution in [0.25, 0.3) is 0 Å². The van der Waals surface area contributed by atoms with Crippen LogP contribution in [0.5, 0.6) is 0 Å². The van der Waals surface area contributed by atoms with Gasteiger partial charge in [0.2, 0.25) is 5.91 Å². The first kappa shape index (κ1) is 14.5. The van der Waals surface area contributed by atoms with Crippen LogP contribution in [0.2, 0.25) is 0 Å². The lowest BCUT2D eigenvalue weighted by Crippen LogP contribution is -2.32. The molecule has 4 nitrogen and oxygen atoms in total. The molecule has 1 aliphatic heterocycles. The van der Waals surface area contributed by atoms with Gasteiger partial charge in [0.15, 0.2) is 4.34 Å². The molecule has 2 aromatic heterocycles. The first-order valence-electron chi connectivity index (χ1n) is 6.99. The summed E-state index contributed by atoms with van der Waals surface area (Å²) >= 11 is 3.13. The van der Waals surface area contributed by atoms with E-state index >= 15 is 0 Å². The van der Waals surface area contributed by atoms with E-state index in [0.717, 1.165) is 35.1 Å². The zero-order valence-electron chi connectivity index (χ0n) is 11.9. The molecular weight excluding hydrogens is 302 g/mol. The number of likely N-dealkylation sites (tertiary alicyclic amines) is 1. The molecule has 110 valence electrons. The zero-order valence-corrected chi connectivity index (χ0v) is 13.5. The first-order valence-corrected chi connectivity index (χ1v) is 8.86. The molecule has 0 radical (unpaired) electrons. The van der Waals surface area contributed by atoms with Crippen LogP contribution in [-0.4, -0.2) is 33.1 Å². The Bertz CT molecular complexity index is 614. The van der Waals surface area contributed by atoms with Crippen LogP contribution in [0.4, 0.5) is 0 Å². The number of carbonyl (C=O) groups excluding carboxylic acids is 1. The predicted molar refractivity (Wildman–Crippen MR) is 85.5 cm³/mol. The van der Waals surface area contributed by atoms with Crippen molar-refractivity contribution >= 4 is 29.0 Å². The fourth-order valence-corrected chi connectivity index (χ4v) is 4.29. The standard InChI is InChI=1S/C15H17N3OS2/c1-11-9-20-15(17-11)21-10-14(19)18-8-4-6-13(18)12-5-2-3-7-16-12/h2-3,5,7,9,13H,4,6,8,10H2,1H3. The summed E-state index contributed by atoms with van der Waals surface area (Å²) in [7, 11) is 0. The zero-order chi connectivity index (χ0) is 14.7. The van der Waals surface area contributed by atoms with Crippen LogP contribution in [0.3, 0.4) is 0 Å². The maximum absolute atomic E-state index is 12.5. The van der Waals surface area contributed by atoms with Gasteiger partial charge in [0.1, 0.15) is 0 Å². The molecule has 1 aliphatic rings. The summed E-state index contributed by atoms with van der Waals surface area (Å²) in [5.74, 6) is 0.636. The van der Waals surface area contributed by atoms with Crippen LogP contribution in [0.1, 0.15) is 30.3 Å². The van der Waals surface area contributed by atoms with Gasteiger partial charge in [-0.2, -0.15) is 0 Å². The van der Waals surface area contributed by atoms with Crippen LogP contribution >= 0.6 is 23.1 Å². The second kappa shape index (κ2) is 6.58. The number of hydrogen-bond donors (Lipinski definition) is 0. The molecule has 1 amide bonds. The number of pyridine rings is 1. The Balaban J connectivity index is 1.63. The average molecular weight is 319 g/mol. The predicted octanol–water partition coefficient (Wildman–Crippen LogP) is 3.30. The maximum Gasteiger partial charge on any atom is 0.233 e. The molecule has 0 N–H and O–H groups in total. The molecule has 3 heterocycles. The number of hydrogen-bond acceptors (Lipinski definition) is 5. The van der Waals surface area contributed by atoms with E-state index in [1.54, 1.807) is 17.5 Å². The fourth-order valence-electron chi connectivity index (χ4n) is 2.55. The monoisotopic (exact) mass is 319 g/mol. The third-order valence-corrected chi connectivity index (χ3v) is 5.64. The van der Waals surface area contributed by atoms with Gasteiger partial charge in [-0.25, -0.2) is 4.98 Å². The Morgan fingerprint density at radius 2 is 2.43 bits per heavy atom. The first-order chi connectivity index (χ1) is 10.2. The quantitative estimate of drug-likeness (QED) is 0.811. The normalized spacial score (nSPS) is 18.1. The van der Waals surface area contributed by atoms with Gasteiger partial charge in [-0.05, 0) is 31.9 Å². The number of thioether (sulfide) groups is 1. The highest BCUT2D eigenvalue weighted by Gasteiger charge is 2.30. The van der Waals surface area contributed by atoms with Crippen molar-refractivity contribution in [3.63, 3.8) is 0 Å². The number of nitrogens with zero attached hydrogens (tertiary/aromatic N) is 3. The van der Waals surface area contributed by atoms with Crippen molar-refractivity contribution in [1.82, 2.24) is 14.9 Å². The van der Waals surface area contributed by atoms with E-state index < -0.39 is 0 Å². The van der Waals surface area contributed by atoms with Crippen LogP contribution < -0.4 is 0 Å². The van der Waals surface area contributed by atoms with Gasteiger partial charge in [-0.1, -0.05) is 17.8 Å². The van der Waals surface area contributed by atoms with Crippen molar-refractivity contribution in [2.24, 2.45) is 0 Å². The molecule has 3 rings (SSSR count). The van der Waals surface area contributed by atoms with Crippen molar-refractivity contribution < 1.29 is 4.79 Å². The highest BCUT2D eigenvalue weighted by molar-refractivity contribution is 8.01. The Morgan fingerprint density at radius 1 is 1.52 bits per heavy atom. The van der Waals surface area contributed by atoms with E-state index in [9.17, 15) is 4.79 Å². The van der Waals surface area contributed by atoms with Crippen molar-refractivity contribution in [3.8, 4) is 0 Å². The van der Waals surface area contributed by atoms with Crippen molar-refractivity contribution in [2.75, 3.05) is 12.3 Å². The minimum atomic E-state index is 0.136. The second-order valence-electron chi connectivity index (χ2n) is 5.04. The number of aryl methyl sites for hydroxylation is 1. The highest BCUT2D eigenvalue weighted by atomic mass is 32.2. The topological polar surface area (TPSA) is 46.1 Å². The largest absolute Gasteiger partial charge is 0.333 e. The summed E-state index contributed by atoms with van der Waals surface area (Å²) in [6.45, 7) is 2.80. The molecule has 0 aromatic carbocycles. The van der Waals surface area contributed by atoms with E-state index in [0.29, 0.717) is 5.75 Å². The van der Waals surface area contributed by atoms with Gasteiger partial charge < -0.3 is 4.90 Å². The van der Waals surface area contributed by atoms with E-state index in [4.69, 9.17) is 0 Å². The van der Waals surface area contributed by atoms with Gasteiger partial charge in [0, 0.05) is 23.8 Å². The van der Waals surface area contributed by atoms with Gasteiger partial charge in [-0.15, -0.1) is 11.3 Å². The maximum atomic E-state index is 12.5.